The molecule has 1 aromatic heterocycles. The Morgan fingerprint density at radius 1 is 1.37 bits per heavy atom. The minimum atomic E-state index is -4.26. The highest BCUT2D eigenvalue weighted by atomic mass is 35.5. The second-order valence-corrected chi connectivity index (χ2v) is 5.39. The van der Waals surface area contributed by atoms with Crippen molar-refractivity contribution in [2.24, 2.45) is 0 Å². The van der Waals surface area contributed by atoms with E-state index in [0.717, 1.165) is 17.4 Å². The fraction of sp³-hybridized carbons (Fsp3) is 0.417. The number of hydrogen-bond donors (Lipinski definition) is 0. The first-order valence-electron chi connectivity index (χ1n) is 5.55. The maximum Gasteiger partial charge on any atom is 0.409 e. The number of allylic oxidation sites excluding steroid dienone is 2. The molecular weight excluding hydrogens is 301 g/mol. The van der Waals surface area contributed by atoms with Gasteiger partial charge in [-0.15, -0.1) is 11.3 Å². The smallest absolute Gasteiger partial charge is 0.409 e. The molecule has 7 heteroatoms. The van der Waals surface area contributed by atoms with E-state index in [-0.39, 0.29) is 12.7 Å². The first-order chi connectivity index (χ1) is 8.88. The third kappa shape index (κ3) is 7.22. The Labute approximate surface area is 117 Å². The van der Waals surface area contributed by atoms with Gasteiger partial charge in [0.15, 0.2) is 0 Å². The van der Waals surface area contributed by atoms with Gasteiger partial charge < -0.3 is 4.74 Å². The van der Waals surface area contributed by atoms with Crippen molar-refractivity contribution in [1.29, 1.82) is 0 Å². The highest BCUT2D eigenvalue weighted by Crippen LogP contribution is 2.22. The van der Waals surface area contributed by atoms with Crippen molar-refractivity contribution in [2.75, 3.05) is 6.61 Å². The van der Waals surface area contributed by atoms with Crippen molar-refractivity contribution >= 4 is 28.9 Å². The van der Waals surface area contributed by atoms with Gasteiger partial charge in [-0.05, 0) is 31.4 Å². The average Bonchev–Trinajstić information content (AvgIpc) is 2.73. The number of carbonyl (C=O) groups excluding carboxylic acids is 1. The van der Waals surface area contributed by atoms with Crippen LogP contribution in [0.15, 0.2) is 24.3 Å². The van der Waals surface area contributed by atoms with Crippen LogP contribution in [-0.4, -0.2) is 18.8 Å². The highest BCUT2D eigenvalue weighted by molar-refractivity contribution is 7.17. The molecule has 2 nitrogen and oxygen atoms in total. The largest absolute Gasteiger partial charge is 0.462 e. The molecule has 0 aliphatic rings. The van der Waals surface area contributed by atoms with Gasteiger partial charge in [-0.2, -0.15) is 13.2 Å². The Balaban J connectivity index is 2.11. The van der Waals surface area contributed by atoms with Crippen LogP contribution in [0.3, 0.4) is 0 Å². The molecule has 0 aliphatic heterocycles. The molecule has 1 aromatic rings. The predicted molar refractivity (Wildman–Crippen MR) is 68.7 cm³/mol. The standard InChI is InChI=1S/C12H12ClF3O2S/c13-10-6-5-9(19-10)11(17)18-8-4-2-1-3-7-12(14,15)16/h3,5-7H,1-2,4,8H2/b7-3+. The van der Waals surface area contributed by atoms with Crippen LogP contribution in [0.5, 0.6) is 0 Å². The molecule has 106 valence electrons. The fourth-order valence-corrected chi connectivity index (χ4v) is 2.18. The molecule has 0 aliphatic carbocycles. The Morgan fingerprint density at radius 3 is 2.68 bits per heavy atom. The van der Waals surface area contributed by atoms with E-state index in [0.29, 0.717) is 28.5 Å². The minimum Gasteiger partial charge on any atom is -0.462 e. The van der Waals surface area contributed by atoms with Crippen LogP contribution >= 0.6 is 22.9 Å². The van der Waals surface area contributed by atoms with Crippen molar-refractivity contribution in [2.45, 2.75) is 25.4 Å². The molecule has 1 rings (SSSR count). The van der Waals surface area contributed by atoms with Crippen LogP contribution < -0.4 is 0 Å². The number of rotatable bonds is 6. The van der Waals surface area contributed by atoms with E-state index in [4.69, 9.17) is 16.3 Å². The van der Waals surface area contributed by atoms with Crippen molar-refractivity contribution < 1.29 is 22.7 Å². The number of esters is 1. The molecule has 0 saturated heterocycles. The maximum absolute atomic E-state index is 11.8. The van der Waals surface area contributed by atoms with Crippen molar-refractivity contribution in [1.82, 2.24) is 0 Å². The quantitative estimate of drug-likeness (QED) is 0.426. The Kier molecular flexibility index (Phi) is 6.37. The summed E-state index contributed by atoms with van der Waals surface area (Å²) in [6, 6.07) is 3.17. The van der Waals surface area contributed by atoms with Crippen LogP contribution in [0, 0.1) is 0 Å². The van der Waals surface area contributed by atoms with Crippen LogP contribution in [-0.2, 0) is 4.74 Å². The van der Waals surface area contributed by atoms with Crippen LogP contribution in [0.2, 0.25) is 4.34 Å². The molecule has 0 bridgehead atoms. The van der Waals surface area contributed by atoms with Crippen LogP contribution in [0.1, 0.15) is 28.9 Å². The lowest BCUT2D eigenvalue weighted by Crippen LogP contribution is -2.04. The lowest BCUT2D eigenvalue weighted by Gasteiger charge is -2.02. The summed E-state index contributed by atoms with van der Waals surface area (Å²) in [5.41, 5.74) is 0. The molecule has 0 aromatic carbocycles. The summed E-state index contributed by atoms with van der Waals surface area (Å²) in [7, 11) is 0. The third-order valence-corrected chi connectivity index (χ3v) is 3.29. The second kappa shape index (κ2) is 7.55. The maximum atomic E-state index is 11.8. The fourth-order valence-electron chi connectivity index (χ4n) is 1.24. The van der Waals surface area contributed by atoms with Gasteiger partial charge >= 0.3 is 12.1 Å². The summed E-state index contributed by atoms with van der Waals surface area (Å²) >= 11 is 6.80. The van der Waals surface area contributed by atoms with Gasteiger partial charge in [0, 0.05) is 6.08 Å². The van der Waals surface area contributed by atoms with E-state index in [2.05, 4.69) is 0 Å². The molecule has 0 spiro atoms. The molecule has 0 amide bonds. The van der Waals surface area contributed by atoms with E-state index in [1.54, 1.807) is 12.1 Å². The molecule has 0 fully saturated rings. The average molecular weight is 313 g/mol. The van der Waals surface area contributed by atoms with E-state index in [9.17, 15) is 18.0 Å². The van der Waals surface area contributed by atoms with Gasteiger partial charge in [0.05, 0.1) is 10.9 Å². The van der Waals surface area contributed by atoms with E-state index in [1.807, 2.05) is 0 Å². The summed E-state index contributed by atoms with van der Waals surface area (Å²) in [6.45, 7) is 0.189. The monoisotopic (exact) mass is 312 g/mol. The molecule has 0 unspecified atom stereocenters. The zero-order chi connectivity index (χ0) is 14.3. The number of halogens is 4. The van der Waals surface area contributed by atoms with Gasteiger partial charge in [0.2, 0.25) is 0 Å². The van der Waals surface area contributed by atoms with Gasteiger partial charge in [-0.1, -0.05) is 17.7 Å². The summed E-state index contributed by atoms with van der Waals surface area (Å²) in [4.78, 5) is 11.9. The zero-order valence-electron chi connectivity index (χ0n) is 9.87. The summed E-state index contributed by atoms with van der Waals surface area (Å²) in [5.74, 6) is -0.456. The van der Waals surface area contributed by atoms with E-state index < -0.39 is 12.1 Å². The molecule has 19 heavy (non-hydrogen) atoms. The van der Waals surface area contributed by atoms with E-state index in [1.165, 1.54) is 0 Å². The number of hydrogen-bond acceptors (Lipinski definition) is 3. The first kappa shape index (κ1) is 16.0. The Bertz CT molecular complexity index is 440. The van der Waals surface area contributed by atoms with Gasteiger partial charge in [-0.25, -0.2) is 4.79 Å². The lowest BCUT2D eigenvalue weighted by atomic mass is 10.2. The molecular formula is C12H12ClF3O2S. The first-order valence-corrected chi connectivity index (χ1v) is 6.75. The van der Waals surface area contributed by atoms with Crippen molar-refractivity contribution in [3.05, 3.63) is 33.5 Å². The molecule has 0 N–H and O–H groups in total. The third-order valence-electron chi connectivity index (χ3n) is 2.08. The predicted octanol–water partition coefficient (Wildman–Crippen LogP) is 4.85. The Morgan fingerprint density at radius 2 is 2.11 bits per heavy atom. The number of carbonyl (C=O) groups is 1. The van der Waals surface area contributed by atoms with Gasteiger partial charge in [-0.3, -0.25) is 0 Å². The van der Waals surface area contributed by atoms with E-state index >= 15 is 0 Å². The van der Waals surface area contributed by atoms with Crippen molar-refractivity contribution in [3.8, 4) is 0 Å². The summed E-state index contributed by atoms with van der Waals surface area (Å²) in [6.07, 6.45) is -1.61. The van der Waals surface area contributed by atoms with Crippen LogP contribution in [0.25, 0.3) is 0 Å². The highest BCUT2D eigenvalue weighted by Gasteiger charge is 2.21. The van der Waals surface area contributed by atoms with Crippen LogP contribution in [0.4, 0.5) is 13.2 Å². The number of alkyl halides is 3. The minimum absolute atomic E-state index is 0.189. The number of ether oxygens (including phenoxy) is 1. The molecule has 1 heterocycles. The number of unbranched alkanes of at least 4 members (excludes halogenated alkanes) is 2. The summed E-state index contributed by atoms with van der Waals surface area (Å²) in [5, 5.41) is 0. The van der Waals surface area contributed by atoms with Gasteiger partial charge in [0.25, 0.3) is 0 Å². The summed E-state index contributed by atoms with van der Waals surface area (Å²) < 4.78 is 40.7. The molecule has 0 saturated carbocycles. The van der Waals surface area contributed by atoms with Crippen molar-refractivity contribution in [3.63, 3.8) is 0 Å². The zero-order valence-corrected chi connectivity index (χ0v) is 11.4. The van der Waals surface area contributed by atoms with Gasteiger partial charge in [0.1, 0.15) is 4.88 Å². The number of thiophene rings is 1. The topological polar surface area (TPSA) is 26.3 Å². The normalized spacial score (nSPS) is 12.0. The second-order valence-electron chi connectivity index (χ2n) is 3.68. The lowest BCUT2D eigenvalue weighted by molar-refractivity contribution is -0.0800. The molecule has 0 radical (unpaired) electrons. The molecule has 0 atom stereocenters. The Hall–Kier alpha value is -1.01. The SMILES string of the molecule is O=C(OCCCC/C=C/C(F)(F)F)c1ccc(Cl)s1.